The molecule has 0 radical (unpaired) electrons. The van der Waals surface area contributed by atoms with E-state index in [1.807, 2.05) is 20.8 Å². The van der Waals surface area contributed by atoms with Crippen LogP contribution >= 0.6 is 0 Å². The molecule has 6 heteroatoms. The molecule has 0 aliphatic carbocycles. The first-order chi connectivity index (χ1) is 10.5. The Kier molecular flexibility index (Phi) is 7.36. The van der Waals surface area contributed by atoms with Crippen molar-refractivity contribution in [3.8, 4) is 0 Å². The Morgan fingerprint density at radius 3 is 2.68 bits per heavy atom. The third kappa shape index (κ3) is 5.71. The van der Waals surface area contributed by atoms with Gasteiger partial charge in [-0.3, -0.25) is 9.69 Å². The predicted molar refractivity (Wildman–Crippen MR) is 83.5 cm³/mol. The molecule has 6 nitrogen and oxygen atoms in total. The molecule has 0 aliphatic rings. The zero-order valence-electron chi connectivity index (χ0n) is 13.7. The van der Waals surface area contributed by atoms with E-state index in [0.29, 0.717) is 24.4 Å². The van der Waals surface area contributed by atoms with E-state index in [0.717, 1.165) is 6.42 Å². The number of ether oxygens (including phenoxy) is 2. The number of pyridine rings is 1. The third-order valence-electron chi connectivity index (χ3n) is 2.84. The van der Waals surface area contributed by atoms with Crippen molar-refractivity contribution in [2.45, 2.75) is 40.2 Å². The third-order valence-corrected chi connectivity index (χ3v) is 2.84. The molecular formula is C16H24N2O4. The van der Waals surface area contributed by atoms with Crippen LogP contribution in [0.5, 0.6) is 0 Å². The maximum atomic E-state index is 12.0. The molecule has 0 aliphatic heterocycles. The second-order valence-corrected chi connectivity index (χ2v) is 5.43. The number of amides is 1. The lowest BCUT2D eigenvalue weighted by atomic mass is 10.2. The van der Waals surface area contributed by atoms with E-state index in [1.165, 1.54) is 4.90 Å². The number of hydrogen-bond acceptors (Lipinski definition) is 5. The minimum atomic E-state index is -0.478. The van der Waals surface area contributed by atoms with Crippen LogP contribution in [0.15, 0.2) is 18.3 Å². The second-order valence-electron chi connectivity index (χ2n) is 5.43. The zero-order chi connectivity index (χ0) is 16.5. The summed E-state index contributed by atoms with van der Waals surface area (Å²) in [4.78, 5) is 29.0. The lowest BCUT2D eigenvalue weighted by Crippen LogP contribution is -2.30. The summed E-state index contributed by atoms with van der Waals surface area (Å²) >= 11 is 0. The van der Waals surface area contributed by atoms with Crippen molar-refractivity contribution in [1.82, 2.24) is 4.98 Å². The normalized spacial score (nSPS) is 10.4. The summed E-state index contributed by atoms with van der Waals surface area (Å²) in [7, 11) is 1.59. The summed E-state index contributed by atoms with van der Waals surface area (Å²) < 4.78 is 10.4. The highest BCUT2D eigenvalue weighted by Gasteiger charge is 2.18. The highest BCUT2D eigenvalue weighted by molar-refractivity contribution is 5.86. The van der Waals surface area contributed by atoms with Gasteiger partial charge in [0.25, 0.3) is 0 Å². The smallest absolute Gasteiger partial charge is 0.415 e. The zero-order valence-corrected chi connectivity index (χ0v) is 13.7. The van der Waals surface area contributed by atoms with Crippen molar-refractivity contribution in [2.75, 3.05) is 18.6 Å². The van der Waals surface area contributed by atoms with Crippen LogP contribution in [0, 0.1) is 5.92 Å². The molecule has 0 saturated carbocycles. The summed E-state index contributed by atoms with van der Waals surface area (Å²) in [6, 6.07) is 3.51. The summed E-state index contributed by atoms with van der Waals surface area (Å²) in [6.45, 7) is 6.27. The van der Waals surface area contributed by atoms with E-state index in [1.54, 1.807) is 25.4 Å². The molecule has 0 N–H and O–H groups in total. The van der Waals surface area contributed by atoms with Gasteiger partial charge < -0.3 is 9.47 Å². The predicted octanol–water partition coefficient (Wildman–Crippen LogP) is 3.15. The SMILES string of the molecule is CCCC(=O)OCc1cccnc1N(C)C(=O)OCC(C)C. The molecule has 0 unspecified atom stereocenters. The van der Waals surface area contributed by atoms with Crippen LogP contribution in [0.1, 0.15) is 39.2 Å². The van der Waals surface area contributed by atoms with E-state index in [-0.39, 0.29) is 18.5 Å². The average molecular weight is 308 g/mol. The topological polar surface area (TPSA) is 68.7 Å². The molecule has 122 valence electrons. The van der Waals surface area contributed by atoms with Crippen molar-refractivity contribution < 1.29 is 19.1 Å². The molecule has 0 atom stereocenters. The Morgan fingerprint density at radius 1 is 1.32 bits per heavy atom. The number of carbonyl (C=O) groups excluding carboxylic acids is 2. The van der Waals surface area contributed by atoms with E-state index in [4.69, 9.17) is 9.47 Å². The summed E-state index contributed by atoms with van der Waals surface area (Å²) in [5.74, 6) is 0.429. The van der Waals surface area contributed by atoms with Gasteiger partial charge in [-0.05, 0) is 18.4 Å². The molecule has 1 aromatic heterocycles. The summed E-state index contributed by atoms with van der Waals surface area (Å²) in [5.41, 5.74) is 0.663. The lowest BCUT2D eigenvalue weighted by molar-refractivity contribution is -0.144. The van der Waals surface area contributed by atoms with E-state index >= 15 is 0 Å². The van der Waals surface area contributed by atoms with Crippen molar-refractivity contribution in [1.29, 1.82) is 0 Å². The van der Waals surface area contributed by atoms with Crippen molar-refractivity contribution >= 4 is 17.9 Å². The van der Waals surface area contributed by atoms with Crippen LogP contribution in [0.3, 0.4) is 0 Å². The molecule has 22 heavy (non-hydrogen) atoms. The number of rotatable bonds is 7. The van der Waals surface area contributed by atoms with Gasteiger partial charge in [0.15, 0.2) is 0 Å². The van der Waals surface area contributed by atoms with Gasteiger partial charge in [0.1, 0.15) is 12.4 Å². The number of hydrogen-bond donors (Lipinski definition) is 0. The number of anilines is 1. The Hall–Kier alpha value is -2.11. The number of aromatic nitrogens is 1. The highest BCUT2D eigenvalue weighted by atomic mass is 16.6. The molecule has 1 amide bonds. The van der Waals surface area contributed by atoms with Crippen LogP contribution in [-0.2, 0) is 20.9 Å². The van der Waals surface area contributed by atoms with Gasteiger partial charge in [-0.15, -0.1) is 0 Å². The van der Waals surface area contributed by atoms with Crippen molar-refractivity contribution in [3.05, 3.63) is 23.9 Å². The molecular weight excluding hydrogens is 284 g/mol. The van der Waals surface area contributed by atoms with Crippen LogP contribution < -0.4 is 4.90 Å². The summed E-state index contributed by atoms with van der Waals surface area (Å²) in [5, 5.41) is 0. The van der Waals surface area contributed by atoms with Gasteiger partial charge in [-0.1, -0.05) is 26.8 Å². The van der Waals surface area contributed by atoms with Crippen LogP contribution in [0.4, 0.5) is 10.6 Å². The van der Waals surface area contributed by atoms with Crippen LogP contribution in [0.25, 0.3) is 0 Å². The minimum absolute atomic E-state index is 0.0871. The van der Waals surface area contributed by atoms with Crippen molar-refractivity contribution in [2.24, 2.45) is 5.92 Å². The quantitative estimate of drug-likeness (QED) is 0.724. The first-order valence-electron chi connectivity index (χ1n) is 7.45. The molecule has 1 rings (SSSR count). The standard InChI is InChI=1S/C16H24N2O4/c1-5-7-14(19)21-11-13-8-6-9-17-15(13)18(4)16(20)22-10-12(2)3/h6,8-9,12H,5,7,10-11H2,1-4H3. The van der Waals surface area contributed by atoms with Gasteiger partial charge in [0.05, 0.1) is 6.61 Å². The maximum Gasteiger partial charge on any atom is 0.415 e. The largest absolute Gasteiger partial charge is 0.461 e. The molecule has 1 heterocycles. The first kappa shape index (κ1) is 17.9. The Morgan fingerprint density at radius 2 is 2.05 bits per heavy atom. The van der Waals surface area contributed by atoms with Crippen LogP contribution in [-0.4, -0.2) is 30.7 Å². The number of nitrogens with zero attached hydrogens (tertiary/aromatic N) is 2. The molecule has 1 aromatic rings. The van der Waals surface area contributed by atoms with E-state index < -0.39 is 6.09 Å². The van der Waals surface area contributed by atoms with Gasteiger partial charge >= 0.3 is 12.1 Å². The Bertz CT molecular complexity index is 503. The Labute approximate surface area is 131 Å². The van der Waals surface area contributed by atoms with Gasteiger partial charge in [-0.2, -0.15) is 0 Å². The Balaban J connectivity index is 2.73. The van der Waals surface area contributed by atoms with Crippen LogP contribution in [0.2, 0.25) is 0 Å². The van der Waals surface area contributed by atoms with Crippen molar-refractivity contribution in [3.63, 3.8) is 0 Å². The van der Waals surface area contributed by atoms with E-state index in [2.05, 4.69) is 4.98 Å². The monoisotopic (exact) mass is 308 g/mol. The minimum Gasteiger partial charge on any atom is -0.461 e. The maximum absolute atomic E-state index is 12.0. The molecule has 0 bridgehead atoms. The van der Waals surface area contributed by atoms with Gasteiger partial charge in [-0.25, -0.2) is 9.78 Å². The number of esters is 1. The molecule has 0 fully saturated rings. The lowest BCUT2D eigenvalue weighted by Gasteiger charge is -2.19. The highest BCUT2D eigenvalue weighted by Crippen LogP contribution is 2.18. The fourth-order valence-electron chi connectivity index (χ4n) is 1.70. The fourth-order valence-corrected chi connectivity index (χ4v) is 1.70. The number of carbonyl (C=O) groups is 2. The summed E-state index contributed by atoms with van der Waals surface area (Å²) in [6.07, 6.45) is 2.22. The molecule has 0 saturated heterocycles. The fraction of sp³-hybridized carbons (Fsp3) is 0.562. The molecule has 0 aromatic carbocycles. The van der Waals surface area contributed by atoms with E-state index in [9.17, 15) is 9.59 Å². The van der Waals surface area contributed by atoms with Gasteiger partial charge in [0, 0.05) is 25.2 Å². The van der Waals surface area contributed by atoms with Gasteiger partial charge in [0.2, 0.25) is 0 Å². The molecule has 0 spiro atoms. The second kappa shape index (κ2) is 9.02. The average Bonchev–Trinajstić information content (AvgIpc) is 2.50. The first-order valence-corrected chi connectivity index (χ1v) is 7.45.